The lowest BCUT2D eigenvalue weighted by molar-refractivity contribution is -0.137. The van der Waals surface area contributed by atoms with Crippen molar-refractivity contribution < 1.29 is 60.9 Å². The normalized spacial score (nSPS) is 12.9. The molecule has 15 nitrogen and oxygen atoms in total. The van der Waals surface area contributed by atoms with Crippen LogP contribution in [0.4, 0.5) is 0 Å². The van der Waals surface area contributed by atoms with E-state index in [1.165, 1.54) is 19.2 Å². The predicted octanol–water partition coefficient (Wildman–Crippen LogP) is 6.65. The Bertz CT molecular complexity index is 2080. The molecule has 0 radical (unpaired) electrons. The number of carboxylic acids is 1. The lowest BCUT2D eigenvalue weighted by Gasteiger charge is -2.23. The molecule has 0 aliphatic rings. The predicted molar refractivity (Wildman–Crippen MR) is 234 cm³/mol. The minimum atomic E-state index is -3.74. The number of hydrogen-bond acceptors (Lipinski definition) is 12. The van der Waals surface area contributed by atoms with Crippen molar-refractivity contribution in [3.05, 3.63) is 130 Å². The number of carboxylic acid groups (broad SMARTS) is 1. The summed E-state index contributed by atoms with van der Waals surface area (Å²) >= 11 is 0. The number of ether oxygens (including phenoxy) is 4. The standard InChI is InChI=1S/C22H27NO5.C16H23NO6S.C8H10O2/c1-14(2)20(28-13-16-5-11-19(27-4)12-6-16)21(24)23-15(3)17-7-9-18(10-8-17)22(25)26;1-10(2)14(23-24(5,20)21)15(18)17-11(3)12-6-8-13(9-7-12)16(19)22-4;1-10-8-4-2-7(6-9)3-5-8/h5-12,14-15,20H,13H2,1-4H3,(H,23,24)(H,25,26);6-11,14H,1-5H3,(H,17,18);2-5,9H,6H2,1H3/t15-,20?;11-,14?;/m00./s1. The number of nitrogens with one attached hydrogen (secondary N) is 2. The lowest BCUT2D eigenvalue weighted by atomic mass is 10.0. The fourth-order valence-electron chi connectivity index (χ4n) is 5.55. The number of aliphatic hydroxyl groups excluding tert-OH is 1. The number of benzene rings is 4. The van der Waals surface area contributed by atoms with Gasteiger partial charge in [-0.05, 0) is 96.5 Å². The number of esters is 1. The molecule has 62 heavy (non-hydrogen) atoms. The Balaban J connectivity index is 0.000000352. The molecule has 2 amide bonds. The summed E-state index contributed by atoms with van der Waals surface area (Å²) in [5.74, 6) is -0.858. The molecule has 4 N–H and O–H groups in total. The molecule has 0 heterocycles. The van der Waals surface area contributed by atoms with Gasteiger partial charge < -0.3 is 39.8 Å². The highest BCUT2D eigenvalue weighted by Gasteiger charge is 2.28. The molecule has 4 atom stereocenters. The highest BCUT2D eigenvalue weighted by Crippen LogP contribution is 2.19. The summed E-state index contributed by atoms with van der Waals surface area (Å²) in [5.41, 5.74) is 4.07. The summed E-state index contributed by atoms with van der Waals surface area (Å²) in [4.78, 5) is 47.4. The van der Waals surface area contributed by atoms with Crippen molar-refractivity contribution in [1.29, 1.82) is 0 Å². The second kappa shape index (κ2) is 25.8. The fourth-order valence-corrected chi connectivity index (χ4v) is 6.24. The molecule has 0 bridgehead atoms. The molecular weight excluding hydrogens is 821 g/mol. The summed E-state index contributed by atoms with van der Waals surface area (Å²) in [6.07, 6.45) is -0.787. The molecule has 4 aromatic carbocycles. The smallest absolute Gasteiger partial charge is 0.337 e. The summed E-state index contributed by atoms with van der Waals surface area (Å²) in [7, 11) is 0.786. The van der Waals surface area contributed by atoms with Crippen LogP contribution in [0.5, 0.6) is 11.5 Å². The maximum absolute atomic E-state index is 12.7. The van der Waals surface area contributed by atoms with Crippen molar-refractivity contribution in [2.24, 2.45) is 11.8 Å². The van der Waals surface area contributed by atoms with E-state index in [2.05, 4.69) is 15.4 Å². The van der Waals surface area contributed by atoms with Gasteiger partial charge in [-0.15, -0.1) is 0 Å². The Morgan fingerprint density at radius 1 is 0.597 bits per heavy atom. The number of aromatic carboxylic acids is 1. The molecule has 4 aromatic rings. The van der Waals surface area contributed by atoms with Crippen LogP contribution in [0.15, 0.2) is 97.1 Å². The van der Waals surface area contributed by atoms with Gasteiger partial charge in [-0.2, -0.15) is 8.42 Å². The second-order valence-corrected chi connectivity index (χ2v) is 16.4. The molecule has 0 saturated heterocycles. The minimum absolute atomic E-state index is 0.000153. The lowest BCUT2D eigenvalue weighted by Crippen LogP contribution is -2.41. The van der Waals surface area contributed by atoms with Crippen LogP contribution in [0.25, 0.3) is 0 Å². The van der Waals surface area contributed by atoms with Crippen LogP contribution < -0.4 is 20.1 Å². The van der Waals surface area contributed by atoms with Gasteiger partial charge in [0, 0.05) is 0 Å². The van der Waals surface area contributed by atoms with Crippen LogP contribution in [0.3, 0.4) is 0 Å². The zero-order chi connectivity index (χ0) is 46.6. The van der Waals surface area contributed by atoms with Gasteiger partial charge >= 0.3 is 11.9 Å². The van der Waals surface area contributed by atoms with Crippen LogP contribution in [0, 0.1) is 11.8 Å². The van der Waals surface area contributed by atoms with E-state index in [1.807, 2.05) is 69.3 Å². The largest absolute Gasteiger partial charge is 0.497 e. The van der Waals surface area contributed by atoms with Crippen molar-refractivity contribution in [2.45, 2.75) is 79.0 Å². The molecule has 16 heteroatoms. The molecule has 2 unspecified atom stereocenters. The van der Waals surface area contributed by atoms with Gasteiger partial charge in [0.2, 0.25) is 5.91 Å². The Morgan fingerprint density at radius 3 is 1.35 bits per heavy atom. The number of amides is 2. The first kappa shape index (κ1) is 52.3. The first-order valence-corrected chi connectivity index (χ1v) is 21.5. The van der Waals surface area contributed by atoms with Gasteiger partial charge in [0.05, 0.1) is 64.0 Å². The minimum Gasteiger partial charge on any atom is -0.497 e. The quantitative estimate of drug-likeness (QED) is 0.0610. The maximum atomic E-state index is 12.7. The van der Waals surface area contributed by atoms with E-state index >= 15 is 0 Å². The number of rotatable bonds is 18. The number of carbonyl (C=O) groups excluding carboxylic acids is 3. The Hall–Kier alpha value is -5.81. The summed E-state index contributed by atoms with van der Waals surface area (Å²) in [6, 6.07) is 27.2. The van der Waals surface area contributed by atoms with Gasteiger partial charge in [0.15, 0.2) is 6.10 Å². The molecule has 0 saturated carbocycles. The highest BCUT2D eigenvalue weighted by molar-refractivity contribution is 7.86. The van der Waals surface area contributed by atoms with Crippen LogP contribution in [0.1, 0.15) is 96.6 Å². The van der Waals surface area contributed by atoms with Gasteiger partial charge in [-0.3, -0.25) is 13.8 Å². The molecule has 0 aliphatic carbocycles. The molecule has 0 spiro atoms. The average Bonchev–Trinajstić information content (AvgIpc) is 3.25. The van der Waals surface area contributed by atoms with Crippen LogP contribution >= 0.6 is 0 Å². The number of aliphatic hydroxyl groups is 1. The third kappa shape index (κ3) is 18.0. The molecular formula is C46H60N2O13S. The number of carbonyl (C=O) groups is 4. The molecule has 0 aliphatic heterocycles. The van der Waals surface area contributed by atoms with Gasteiger partial charge in [0.1, 0.15) is 17.6 Å². The van der Waals surface area contributed by atoms with E-state index in [0.717, 1.165) is 40.0 Å². The van der Waals surface area contributed by atoms with Crippen molar-refractivity contribution in [1.82, 2.24) is 10.6 Å². The van der Waals surface area contributed by atoms with Gasteiger partial charge in [-0.25, -0.2) is 9.59 Å². The zero-order valence-corrected chi connectivity index (χ0v) is 37.7. The van der Waals surface area contributed by atoms with E-state index < -0.39 is 40.2 Å². The maximum Gasteiger partial charge on any atom is 0.337 e. The third-order valence-electron chi connectivity index (χ3n) is 9.14. The average molecular weight is 881 g/mol. The summed E-state index contributed by atoms with van der Waals surface area (Å²) in [5, 5.41) is 23.3. The van der Waals surface area contributed by atoms with Crippen molar-refractivity contribution in [2.75, 3.05) is 27.6 Å². The van der Waals surface area contributed by atoms with E-state index in [1.54, 1.807) is 71.4 Å². The zero-order valence-electron chi connectivity index (χ0n) is 36.9. The molecule has 0 fully saturated rings. The first-order valence-electron chi connectivity index (χ1n) is 19.7. The Labute approximate surface area is 364 Å². The van der Waals surface area contributed by atoms with E-state index in [4.69, 9.17) is 28.6 Å². The van der Waals surface area contributed by atoms with Gasteiger partial charge in [0.25, 0.3) is 16.0 Å². The van der Waals surface area contributed by atoms with Crippen LogP contribution in [-0.2, 0) is 46.6 Å². The monoisotopic (exact) mass is 880 g/mol. The third-order valence-corrected chi connectivity index (χ3v) is 9.70. The SMILES string of the molecule is COC(=O)c1ccc([C@H](C)NC(=O)C(OS(C)(=O)=O)C(C)C)cc1.COc1ccc(CO)cc1.COc1ccc(COC(C(=O)N[C@@H](C)c2ccc(C(=O)O)cc2)C(C)C)cc1. The van der Waals surface area contributed by atoms with E-state index in [0.29, 0.717) is 12.2 Å². The van der Waals surface area contributed by atoms with Crippen LogP contribution in [-0.4, -0.2) is 82.2 Å². The van der Waals surface area contributed by atoms with Gasteiger partial charge in [-0.1, -0.05) is 76.2 Å². The van der Waals surface area contributed by atoms with Crippen molar-refractivity contribution >= 4 is 33.9 Å². The first-order chi connectivity index (χ1) is 29.2. The Morgan fingerprint density at radius 2 is 1.00 bits per heavy atom. The topological polar surface area (TPSA) is 213 Å². The van der Waals surface area contributed by atoms with E-state index in [-0.39, 0.29) is 42.0 Å². The molecule has 338 valence electrons. The summed E-state index contributed by atoms with van der Waals surface area (Å²) < 4.78 is 48.0. The summed E-state index contributed by atoms with van der Waals surface area (Å²) in [6.45, 7) is 11.3. The number of hydrogen-bond donors (Lipinski definition) is 4. The second-order valence-electron chi connectivity index (χ2n) is 14.8. The Kier molecular flexibility index (Phi) is 21.8. The van der Waals surface area contributed by atoms with Crippen LogP contribution in [0.2, 0.25) is 0 Å². The number of methoxy groups -OCH3 is 3. The van der Waals surface area contributed by atoms with Crippen molar-refractivity contribution in [3.8, 4) is 11.5 Å². The fraction of sp³-hybridized carbons (Fsp3) is 0.391. The highest BCUT2D eigenvalue weighted by atomic mass is 32.2. The van der Waals surface area contributed by atoms with Crippen molar-refractivity contribution in [3.63, 3.8) is 0 Å². The molecule has 4 rings (SSSR count). The van der Waals surface area contributed by atoms with E-state index in [9.17, 15) is 27.6 Å². The molecule has 0 aromatic heterocycles.